The molecule has 0 bridgehead atoms. The highest BCUT2D eigenvalue weighted by atomic mass is 19.1. The van der Waals surface area contributed by atoms with Crippen LogP contribution in [0.3, 0.4) is 0 Å². The summed E-state index contributed by atoms with van der Waals surface area (Å²) in [6, 6.07) is 10.9. The summed E-state index contributed by atoms with van der Waals surface area (Å²) < 4.78 is 42.3. The van der Waals surface area contributed by atoms with Crippen molar-refractivity contribution in [3.63, 3.8) is 0 Å². The third-order valence-electron chi connectivity index (χ3n) is 5.15. The number of rotatable bonds is 5. The van der Waals surface area contributed by atoms with Crippen LogP contribution in [-0.2, 0) is 12.0 Å². The molecular weight excluding hydrogens is 381 g/mol. The molecule has 2 heterocycles. The van der Waals surface area contributed by atoms with Gasteiger partial charge in [-0.2, -0.15) is 5.10 Å². The van der Waals surface area contributed by atoms with E-state index in [1.807, 2.05) is 0 Å². The van der Waals surface area contributed by atoms with E-state index in [4.69, 9.17) is 0 Å². The average molecular weight is 398 g/mol. The lowest BCUT2D eigenvalue weighted by Gasteiger charge is -2.34. The number of H-pyrrole nitrogens is 1. The molecule has 29 heavy (non-hydrogen) atoms. The fourth-order valence-corrected chi connectivity index (χ4v) is 3.51. The van der Waals surface area contributed by atoms with Crippen molar-refractivity contribution in [2.45, 2.75) is 24.9 Å². The molecular formula is C21H17F3N4O. The van der Waals surface area contributed by atoms with Crippen LogP contribution in [0, 0.1) is 17.5 Å². The minimum Gasteiger partial charge on any atom is -0.384 e. The van der Waals surface area contributed by atoms with Crippen molar-refractivity contribution in [1.82, 2.24) is 20.2 Å². The predicted octanol–water partition coefficient (Wildman–Crippen LogP) is 4.00. The fraction of sp³-hybridized carbons (Fsp3) is 0.190. The van der Waals surface area contributed by atoms with Crippen LogP contribution in [0.15, 0.2) is 54.9 Å². The van der Waals surface area contributed by atoms with Crippen molar-refractivity contribution < 1.29 is 18.3 Å². The maximum atomic E-state index is 14.6. The van der Waals surface area contributed by atoms with Crippen LogP contribution in [0.25, 0.3) is 10.9 Å². The molecule has 2 unspecified atom stereocenters. The predicted molar refractivity (Wildman–Crippen MR) is 100 cm³/mol. The Morgan fingerprint density at radius 3 is 2.62 bits per heavy atom. The number of hydrogen-bond donors (Lipinski definition) is 2. The Morgan fingerprint density at radius 1 is 1.07 bits per heavy atom. The van der Waals surface area contributed by atoms with Crippen LogP contribution in [0.2, 0.25) is 0 Å². The quantitative estimate of drug-likeness (QED) is 0.533. The second-order valence-electron chi connectivity index (χ2n) is 6.93. The maximum Gasteiger partial charge on any atom is 0.149 e. The molecule has 0 aliphatic rings. The number of nitrogens with zero attached hydrogens (tertiary/aromatic N) is 3. The monoisotopic (exact) mass is 398 g/mol. The highest BCUT2D eigenvalue weighted by Crippen LogP contribution is 2.40. The van der Waals surface area contributed by atoms with Crippen molar-refractivity contribution in [3.05, 3.63) is 89.4 Å². The third kappa shape index (κ3) is 3.47. The van der Waals surface area contributed by atoms with Crippen molar-refractivity contribution in [1.29, 1.82) is 0 Å². The lowest BCUT2D eigenvalue weighted by atomic mass is 9.77. The molecule has 0 spiro atoms. The number of pyridine rings is 1. The zero-order valence-electron chi connectivity index (χ0n) is 15.4. The molecule has 0 aliphatic heterocycles. The fourth-order valence-electron chi connectivity index (χ4n) is 3.51. The molecule has 8 heteroatoms. The Balaban J connectivity index is 1.85. The van der Waals surface area contributed by atoms with Gasteiger partial charge in [0.25, 0.3) is 0 Å². The minimum atomic E-state index is -1.84. The topological polar surface area (TPSA) is 74.7 Å². The molecule has 5 nitrogen and oxygen atoms in total. The number of aromatic nitrogens is 4. The Bertz CT molecular complexity index is 1170. The zero-order valence-corrected chi connectivity index (χ0v) is 15.4. The van der Waals surface area contributed by atoms with E-state index in [0.29, 0.717) is 23.0 Å². The van der Waals surface area contributed by atoms with E-state index in [2.05, 4.69) is 20.2 Å². The van der Waals surface area contributed by atoms with Gasteiger partial charge in [-0.3, -0.25) is 5.10 Å². The summed E-state index contributed by atoms with van der Waals surface area (Å²) in [5.74, 6) is -2.62. The zero-order chi connectivity index (χ0) is 20.6. The van der Waals surface area contributed by atoms with Crippen molar-refractivity contribution in [3.8, 4) is 0 Å². The number of aliphatic hydroxyl groups is 1. The molecule has 2 N–H and O–H groups in total. The Labute approximate surface area is 164 Å². The number of fused-ring (bicyclic) bond motifs is 1. The van der Waals surface area contributed by atoms with E-state index in [1.54, 1.807) is 31.2 Å². The molecule has 0 aliphatic carbocycles. The van der Waals surface area contributed by atoms with Gasteiger partial charge < -0.3 is 5.11 Å². The molecule has 4 aromatic rings. The first-order chi connectivity index (χ1) is 13.9. The van der Waals surface area contributed by atoms with E-state index in [1.165, 1.54) is 18.5 Å². The van der Waals surface area contributed by atoms with Gasteiger partial charge >= 0.3 is 0 Å². The van der Waals surface area contributed by atoms with Crippen LogP contribution < -0.4 is 0 Å². The first-order valence-electron chi connectivity index (χ1n) is 8.96. The highest BCUT2D eigenvalue weighted by Gasteiger charge is 2.41. The van der Waals surface area contributed by atoms with E-state index in [0.717, 1.165) is 6.07 Å². The molecule has 0 saturated carbocycles. The van der Waals surface area contributed by atoms with Crippen molar-refractivity contribution in [2.24, 2.45) is 0 Å². The molecule has 0 radical (unpaired) electrons. The van der Waals surface area contributed by atoms with Crippen molar-refractivity contribution in [2.75, 3.05) is 0 Å². The summed E-state index contributed by atoms with van der Waals surface area (Å²) in [5, 5.41) is 18.6. The van der Waals surface area contributed by atoms with Crippen LogP contribution >= 0.6 is 0 Å². The number of aromatic amines is 1. The van der Waals surface area contributed by atoms with E-state index < -0.39 is 29.0 Å². The molecule has 0 fully saturated rings. The highest BCUT2D eigenvalue weighted by molar-refractivity contribution is 5.79. The summed E-state index contributed by atoms with van der Waals surface area (Å²) >= 11 is 0. The molecule has 2 aromatic carbocycles. The molecule has 2 atom stereocenters. The van der Waals surface area contributed by atoms with Gasteiger partial charge in [0.05, 0.1) is 0 Å². The number of hydrogen-bond acceptors (Lipinski definition) is 4. The van der Waals surface area contributed by atoms with Gasteiger partial charge in [0.15, 0.2) is 0 Å². The van der Waals surface area contributed by atoms with E-state index in [-0.39, 0.29) is 17.5 Å². The summed E-state index contributed by atoms with van der Waals surface area (Å²) in [4.78, 5) is 8.38. The average Bonchev–Trinajstić information content (AvgIpc) is 3.20. The van der Waals surface area contributed by atoms with Gasteiger partial charge in [0.2, 0.25) is 0 Å². The van der Waals surface area contributed by atoms with Gasteiger partial charge in [-0.15, -0.1) is 0 Å². The molecule has 2 aromatic heterocycles. The molecule has 4 rings (SSSR count). The third-order valence-corrected chi connectivity index (χ3v) is 5.15. The second-order valence-corrected chi connectivity index (χ2v) is 6.93. The van der Waals surface area contributed by atoms with Gasteiger partial charge in [0.1, 0.15) is 40.7 Å². The van der Waals surface area contributed by atoms with Gasteiger partial charge in [-0.05, 0) is 18.2 Å². The van der Waals surface area contributed by atoms with E-state index >= 15 is 0 Å². The standard InChI is InChI=1S/C21H17F3N4O/c1-12(18-8-5-13-3-2-4-16(23)20(13)27-18)21(29,10-19-25-11-26-28-19)15-7-6-14(22)9-17(15)24/h2-9,11-12,29H,10H2,1H3,(H,25,26,28). The second kappa shape index (κ2) is 7.29. The summed E-state index contributed by atoms with van der Waals surface area (Å²) in [7, 11) is 0. The van der Waals surface area contributed by atoms with E-state index in [9.17, 15) is 18.3 Å². The normalized spacial score (nSPS) is 14.7. The van der Waals surface area contributed by atoms with Crippen molar-refractivity contribution >= 4 is 10.9 Å². The number of benzene rings is 2. The van der Waals surface area contributed by atoms with Crippen LogP contribution in [0.5, 0.6) is 0 Å². The van der Waals surface area contributed by atoms with Crippen LogP contribution in [0.1, 0.15) is 29.9 Å². The molecule has 148 valence electrons. The smallest absolute Gasteiger partial charge is 0.149 e. The van der Waals surface area contributed by atoms with Gasteiger partial charge in [0, 0.05) is 35.0 Å². The summed E-state index contributed by atoms with van der Waals surface area (Å²) in [6.07, 6.45) is 1.14. The lowest BCUT2D eigenvalue weighted by Crippen LogP contribution is -2.36. The first-order valence-corrected chi connectivity index (χ1v) is 8.96. The number of para-hydroxylation sites is 1. The minimum absolute atomic E-state index is 0.113. The first kappa shape index (κ1) is 19.1. The molecule has 0 amide bonds. The summed E-state index contributed by atoms with van der Waals surface area (Å²) in [5.41, 5.74) is -1.45. The Hall–Kier alpha value is -3.26. The number of halogens is 3. The van der Waals surface area contributed by atoms with Gasteiger partial charge in [-0.1, -0.05) is 31.2 Å². The molecule has 0 saturated heterocycles. The largest absolute Gasteiger partial charge is 0.384 e. The Morgan fingerprint density at radius 2 is 1.90 bits per heavy atom. The SMILES string of the molecule is CC(c1ccc2cccc(F)c2n1)C(O)(Cc1ncn[nH]1)c1ccc(F)cc1F. The Kier molecular flexibility index (Phi) is 4.79. The van der Waals surface area contributed by atoms with Crippen LogP contribution in [-0.4, -0.2) is 25.3 Å². The lowest BCUT2D eigenvalue weighted by molar-refractivity contribution is 0.00629. The van der Waals surface area contributed by atoms with Gasteiger partial charge in [-0.25, -0.2) is 23.1 Å². The maximum absolute atomic E-state index is 14.6. The number of nitrogens with one attached hydrogen (secondary N) is 1. The van der Waals surface area contributed by atoms with Crippen LogP contribution in [0.4, 0.5) is 13.2 Å². The summed E-state index contributed by atoms with van der Waals surface area (Å²) in [6.45, 7) is 1.65.